The number of oxime groups is 1. The molecule has 214 valence electrons. The summed E-state index contributed by atoms with van der Waals surface area (Å²) in [7, 11) is 0.933. The molecule has 7 nitrogen and oxygen atoms in total. The Kier molecular flexibility index (Phi) is 7.87. The molecule has 39 heavy (non-hydrogen) atoms. The van der Waals surface area contributed by atoms with Crippen LogP contribution in [-0.2, 0) is 28.5 Å². The number of aromatic nitrogens is 2. The number of carbonyl (C=O) groups is 2. The van der Waals surface area contributed by atoms with Gasteiger partial charge in [0.15, 0.2) is 11.5 Å². The van der Waals surface area contributed by atoms with Crippen LogP contribution in [0.25, 0.3) is 0 Å². The molecule has 1 atom stereocenters. The van der Waals surface area contributed by atoms with E-state index in [9.17, 15) is 44.7 Å². The molecule has 0 saturated heterocycles. The summed E-state index contributed by atoms with van der Waals surface area (Å²) >= 11 is 0. The summed E-state index contributed by atoms with van der Waals surface area (Å²) in [5, 5.41) is 8.72. The first-order valence-electron chi connectivity index (χ1n) is 11.5. The summed E-state index contributed by atoms with van der Waals surface area (Å²) < 4.78 is 108. The summed E-state index contributed by atoms with van der Waals surface area (Å²) in [6.07, 6.45) is -11.8. The van der Waals surface area contributed by atoms with Crippen molar-refractivity contribution < 1.29 is 49.5 Å². The molecule has 1 aliphatic rings. The van der Waals surface area contributed by atoms with Crippen LogP contribution in [0.1, 0.15) is 64.6 Å². The second kappa shape index (κ2) is 10.2. The van der Waals surface area contributed by atoms with E-state index in [-0.39, 0.29) is 35.7 Å². The lowest BCUT2D eigenvalue weighted by Gasteiger charge is -2.28. The molecule has 0 fully saturated rings. The van der Waals surface area contributed by atoms with Crippen LogP contribution in [0.4, 0.5) is 35.1 Å². The number of halogens is 8. The number of nitrogens with one attached hydrogen (secondary N) is 1. The Balaban J connectivity index is 1.83. The molecule has 0 bridgehead atoms. The maximum absolute atomic E-state index is 14.2. The van der Waals surface area contributed by atoms with Crippen molar-refractivity contribution in [1.29, 1.82) is 0 Å². The Bertz CT molecular complexity index is 1280. The minimum atomic E-state index is -5.17. The van der Waals surface area contributed by atoms with Crippen molar-refractivity contribution in [2.45, 2.75) is 63.9 Å². The summed E-state index contributed by atoms with van der Waals surface area (Å²) in [6.45, 7) is 2.76. The highest BCUT2D eigenvalue weighted by atomic mass is 19.4. The Labute approximate surface area is 217 Å². The summed E-state index contributed by atoms with van der Waals surface area (Å²) in [6, 6.07) is 3.01. The fraction of sp³-hybridized carbons (Fsp3) is 0.500. The van der Waals surface area contributed by atoms with E-state index in [1.54, 1.807) is 0 Å². The highest BCUT2D eigenvalue weighted by Crippen LogP contribution is 2.49. The van der Waals surface area contributed by atoms with Gasteiger partial charge in [0.2, 0.25) is 5.91 Å². The van der Waals surface area contributed by atoms with Crippen molar-refractivity contribution >= 4 is 17.4 Å². The number of carbonyl (C=O) groups excluding carboxylic acids is 2. The SMILES string of the molecule is Cc1cc(C2=NOC(c3cc(C(F)(F)F)nn3C)(C(F)(F)F)C2)cc(C)c1C(=O)CCC(=O)NCC(C)(F)F. The summed E-state index contributed by atoms with van der Waals surface area (Å²) in [4.78, 5) is 29.3. The summed E-state index contributed by atoms with van der Waals surface area (Å²) in [5.41, 5.74) is -4.85. The third-order valence-corrected chi connectivity index (χ3v) is 6.09. The molecule has 2 aromatic rings. The van der Waals surface area contributed by atoms with E-state index in [4.69, 9.17) is 4.84 Å². The number of amides is 1. The normalized spacial score (nSPS) is 18.1. The van der Waals surface area contributed by atoms with Crippen LogP contribution in [0.3, 0.4) is 0 Å². The number of Topliss-reactive ketones (excluding diaryl/α,β-unsaturated/α-hetero) is 1. The predicted octanol–water partition coefficient (Wildman–Crippen LogP) is 5.37. The first kappa shape index (κ1) is 30.0. The fourth-order valence-corrected chi connectivity index (χ4v) is 4.27. The van der Waals surface area contributed by atoms with Gasteiger partial charge >= 0.3 is 12.4 Å². The van der Waals surface area contributed by atoms with E-state index in [1.807, 2.05) is 5.32 Å². The van der Waals surface area contributed by atoms with Crippen molar-refractivity contribution in [3.63, 3.8) is 0 Å². The molecule has 2 heterocycles. The predicted molar refractivity (Wildman–Crippen MR) is 121 cm³/mol. The molecule has 1 amide bonds. The Morgan fingerprint density at radius 2 is 1.62 bits per heavy atom. The monoisotopic (exact) mass is 568 g/mol. The third kappa shape index (κ3) is 6.38. The van der Waals surface area contributed by atoms with E-state index in [1.165, 1.54) is 26.0 Å². The van der Waals surface area contributed by atoms with Crippen molar-refractivity contribution in [2.75, 3.05) is 6.54 Å². The molecule has 0 radical (unpaired) electrons. The number of rotatable bonds is 8. The number of benzene rings is 1. The molecule has 1 aliphatic heterocycles. The highest BCUT2D eigenvalue weighted by Gasteiger charge is 2.64. The van der Waals surface area contributed by atoms with Gasteiger partial charge in [0, 0.05) is 37.9 Å². The van der Waals surface area contributed by atoms with Crippen molar-refractivity contribution in [1.82, 2.24) is 15.1 Å². The van der Waals surface area contributed by atoms with E-state index in [0.29, 0.717) is 22.7 Å². The minimum Gasteiger partial charge on any atom is -0.372 e. The average molecular weight is 568 g/mol. The lowest BCUT2D eigenvalue weighted by Crippen LogP contribution is -2.44. The van der Waals surface area contributed by atoms with Crippen molar-refractivity contribution in [3.05, 3.63) is 51.8 Å². The Hall–Kier alpha value is -3.52. The number of aryl methyl sites for hydroxylation is 3. The molecule has 15 heteroatoms. The zero-order valence-electron chi connectivity index (χ0n) is 21.2. The van der Waals surface area contributed by atoms with Crippen LogP contribution in [0.15, 0.2) is 23.4 Å². The van der Waals surface area contributed by atoms with Gasteiger partial charge in [-0.3, -0.25) is 14.3 Å². The quantitative estimate of drug-likeness (QED) is 0.343. The van der Waals surface area contributed by atoms with Crippen molar-refractivity contribution in [2.24, 2.45) is 12.2 Å². The van der Waals surface area contributed by atoms with Gasteiger partial charge in [0.25, 0.3) is 11.5 Å². The third-order valence-electron chi connectivity index (χ3n) is 6.09. The molecule has 1 aromatic carbocycles. The van der Waals surface area contributed by atoms with Gasteiger partial charge in [-0.1, -0.05) is 5.16 Å². The standard InChI is InChI=1S/C24H24F8N4O3/c1-12-7-14(8-13(2)20(12)16(37)5-6-19(38)33-11-21(3,25)26)15-10-22(39-35-15,24(30,31)32)18-9-17(23(27,28)29)34-36(18)4/h7-9H,5-6,10-11H2,1-4H3,(H,33,38). The van der Waals surface area contributed by atoms with Gasteiger partial charge < -0.3 is 10.2 Å². The Morgan fingerprint density at radius 1 is 1.03 bits per heavy atom. The molecule has 1 N–H and O–H groups in total. The van der Waals surface area contributed by atoms with E-state index >= 15 is 0 Å². The van der Waals surface area contributed by atoms with Gasteiger partial charge in [0.1, 0.15) is 0 Å². The second-order valence-corrected chi connectivity index (χ2v) is 9.42. The smallest absolute Gasteiger partial charge is 0.372 e. The van der Waals surface area contributed by atoms with E-state index in [2.05, 4.69) is 10.3 Å². The Morgan fingerprint density at radius 3 is 2.10 bits per heavy atom. The van der Waals surface area contributed by atoms with Gasteiger partial charge in [-0.05, 0) is 43.2 Å². The maximum atomic E-state index is 14.2. The molecule has 0 saturated carbocycles. The van der Waals surface area contributed by atoms with Crippen LogP contribution >= 0.6 is 0 Å². The van der Waals surface area contributed by atoms with Gasteiger partial charge in [0.05, 0.1) is 24.4 Å². The first-order valence-corrected chi connectivity index (χ1v) is 11.5. The zero-order valence-corrected chi connectivity index (χ0v) is 21.2. The van der Waals surface area contributed by atoms with Gasteiger partial charge in [-0.2, -0.15) is 31.4 Å². The number of hydrogen-bond acceptors (Lipinski definition) is 5. The first-order chi connectivity index (χ1) is 17.7. The molecular weight excluding hydrogens is 544 g/mol. The van der Waals surface area contributed by atoms with Crippen LogP contribution in [0, 0.1) is 13.8 Å². The number of hydrogen-bond donors (Lipinski definition) is 1. The van der Waals surface area contributed by atoms with Gasteiger partial charge in [-0.15, -0.1) is 0 Å². The highest BCUT2D eigenvalue weighted by molar-refractivity contribution is 6.05. The van der Waals surface area contributed by atoms with Crippen LogP contribution in [-0.4, -0.2) is 45.8 Å². The lowest BCUT2D eigenvalue weighted by molar-refractivity contribution is -0.278. The molecule has 0 aliphatic carbocycles. The topological polar surface area (TPSA) is 85.6 Å². The van der Waals surface area contributed by atoms with Crippen LogP contribution in [0.2, 0.25) is 0 Å². The fourth-order valence-electron chi connectivity index (χ4n) is 4.27. The largest absolute Gasteiger partial charge is 0.437 e. The molecule has 3 rings (SSSR count). The molecular formula is C24H24F8N4O3. The number of nitrogens with zero attached hydrogens (tertiary/aromatic N) is 3. The molecule has 1 unspecified atom stereocenters. The van der Waals surface area contributed by atoms with Crippen molar-refractivity contribution in [3.8, 4) is 0 Å². The maximum Gasteiger partial charge on any atom is 0.437 e. The summed E-state index contributed by atoms with van der Waals surface area (Å²) in [5.74, 6) is -4.35. The van der Waals surface area contributed by atoms with Crippen LogP contribution in [0.5, 0.6) is 0 Å². The van der Waals surface area contributed by atoms with E-state index < -0.39 is 59.9 Å². The zero-order chi connectivity index (χ0) is 29.6. The van der Waals surface area contributed by atoms with Gasteiger partial charge in [-0.25, -0.2) is 8.78 Å². The van der Waals surface area contributed by atoms with Crippen LogP contribution < -0.4 is 5.32 Å². The minimum absolute atomic E-state index is 0.147. The molecule has 0 spiro atoms. The number of ketones is 1. The molecule has 1 aromatic heterocycles. The average Bonchev–Trinajstić information content (AvgIpc) is 3.40. The lowest BCUT2D eigenvalue weighted by atomic mass is 9.87. The second-order valence-electron chi connectivity index (χ2n) is 9.42. The number of alkyl halides is 8. The van der Waals surface area contributed by atoms with E-state index in [0.717, 1.165) is 7.05 Å².